The van der Waals surface area contributed by atoms with Crippen LogP contribution in [0, 0.1) is 6.92 Å². The highest BCUT2D eigenvalue weighted by molar-refractivity contribution is 7.09. The molecule has 0 aliphatic carbocycles. The fourth-order valence-corrected chi connectivity index (χ4v) is 2.24. The average molecular weight is 242 g/mol. The van der Waals surface area contributed by atoms with Crippen molar-refractivity contribution in [1.82, 2.24) is 10.3 Å². The molecule has 0 fully saturated rings. The summed E-state index contributed by atoms with van der Waals surface area (Å²) in [6.07, 6.45) is 1.50. The first-order valence-corrected chi connectivity index (χ1v) is 6.33. The summed E-state index contributed by atoms with van der Waals surface area (Å²) in [7, 11) is 0. The third-order valence-electron chi connectivity index (χ3n) is 2.41. The van der Waals surface area contributed by atoms with Gasteiger partial charge < -0.3 is 5.11 Å². The predicted octanol–water partition coefficient (Wildman–Crippen LogP) is 2.36. The van der Waals surface area contributed by atoms with Crippen LogP contribution in [0.15, 0.2) is 5.38 Å². The normalized spacial score (nSPS) is 14.7. The molecule has 1 aromatic heterocycles. The second-order valence-corrected chi connectivity index (χ2v) is 4.92. The molecule has 0 saturated heterocycles. The third-order valence-corrected chi connectivity index (χ3v) is 3.20. The number of nitrogens with one attached hydrogen (secondary N) is 1. The summed E-state index contributed by atoms with van der Waals surface area (Å²) in [6.45, 7) is 5.87. The van der Waals surface area contributed by atoms with E-state index in [0.29, 0.717) is 6.42 Å². The summed E-state index contributed by atoms with van der Waals surface area (Å²) in [4.78, 5) is 15.3. The first kappa shape index (κ1) is 13.1. The van der Waals surface area contributed by atoms with Gasteiger partial charge in [-0.2, -0.15) is 0 Å². The Morgan fingerprint density at radius 2 is 2.38 bits per heavy atom. The van der Waals surface area contributed by atoms with E-state index in [1.54, 1.807) is 11.3 Å². The fraction of sp³-hybridized carbons (Fsp3) is 0.636. The number of carboxylic acids is 1. The molecule has 1 aromatic rings. The number of hydrogen-bond acceptors (Lipinski definition) is 4. The monoisotopic (exact) mass is 242 g/mol. The number of hydrogen-bond donors (Lipinski definition) is 2. The van der Waals surface area contributed by atoms with Crippen LogP contribution in [0.1, 0.15) is 43.4 Å². The van der Waals surface area contributed by atoms with Gasteiger partial charge in [-0.3, -0.25) is 10.1 Å². The van der Waals surface area contributed by atoms with E-state index in [4.69, 9.17) is 5.11 Å². The maximum Gasteiger partial charge on any atom is 0.320 e. The lowest BCUT2D eigenvalue weighted by Crippen LogP contribution is -2.38. The van der Waals surface area contributed by atoms with Gasteiger partial charge in [0.1, 0.15) is 6.04 Å². The SMILES string of the molecule is CCCC(NC(C)c1csc(C)n1)C(=O)O. The minimum absolute atomic E-state index is 0.0161. The molecule has 0 spiro atoms. The van der Waals surface area contributed by atoms with E-state index in [-0.39, 0.29) is 6.04 Å². The van der Waals surface area contributed by atoms with Gasteiger partial charge in [-0.25, -0.2) is 4.98 Å². The quantitative estimate of drug-likeness (QED) is 0.804. The van der Waals surface area contributed by atoms with E-state index >= 15 is 0 Å². The zero-order valence-corrected chi connectivity index (χ0v) is 10.7. The molecule has 0 saturated carbocycles. The lowest BCUT2D eigenvalue weighted by Gasteiger charge is -2.18. The fourth-order valence-electron chi connectivity index (χ4n) is 1.53. The number of nitrogens with zero attached hydrogens (tertiary/aromatic N) is 1. The number of carbonyl (C=O) groups is 1. The first-order chi connectivity index (χ1) is 7.54. The van der Waals surface area contributed by atoms with Crippen LogP contribution in [0.4, 0.5) is 0 Å². The van der Waals surface area contributed by atoms with E-state index in [0.717, 1.165) is 17.1 Å². The van der Waals surface area contributed by atoms with Gasteiger partial charge in [0.15, 0.2) is 0 Å². The van der Waals surface area contributed by atoms with Gasteiger partial charge in [0.2, 0.25) is 0 Å². The Labute approximate surface area is 99.7 Å². The molecule has 4 nitrogen and oxygen atoms in total. The molecule has 5 heteroatoms. The van der Waals surface area contributed by atoms with Gasteiger partial charge in [-0.05, 0) is 20.3 Å². The van der Waals surface area contributed by atoms with Crippen molar-refractivity contribution in [2.45, 2.75) is 45.7 Å². The van der Waals surface area contributed by atoms with Gasteiger partial charge in [0.05, 0.1) is 10.7 Å². The van der Waals surface area contributed by atoms with E-state index in [1.807, 2.05) is 26.2 Å². The van der Waals surface area contributed by atoms with Crippen LogP contribution in [0.5, 0.6) is 0 Å². The summed E-state index contributed by atoms with van der Waals surface area (Å²) in [5, 5.41) is 15.1. The highest BCUT2D eigenvalue weighted by Crippen LogP contribution is 2.16. The van der Waals surface area contributed by atoms with Gasteiger partial charge in [-0.1, -0.05) is 13.3 Å². The van der Waals surface area contributed by atoms with Crippen LogP contribution in [0.25, 0.3) is 0 Å². The minimum Gasteiger partial charge on any atom is -0.480 e. The summed E-state index contributed by atoms with van der Waals surface area (Å²) in [5.41, 5.74) is 0.921. The van der Waals surface area contributed by atoms with Crippen molar-refractivity contribution in [3.63, 3.8) is 0 Å². The maximum absolute atomic E-state index is 11.0. The van der Waals surface area contributed by atoms with Crippen LogP contribution in [0.3, 0.4) is 0 Å². The molecular weight excluding hydrogens is 224 g/mol. The zero-order chi connectivity index (χ0) is 12.1. The number of aliphatic carboxylic acids is 1. The molecule has 2 N–H and O–H groups in total. The molecule has 1 heterocycles. The van der Waals surface area contributed by atoms with Crippen molar-refractivity contribution < 1.29 is 9.90 Å². The van der Waals surface area contributed by atoms with Crippen molar-refractivity contribution in [2.24, 2.45) is 0 Å². The van der Waals surface area contributed by atoms with Crippen LogP contribution in [-0.2, 0) is 4.79 Å². The summed E-state index contributed by atoms with van der Waals surface area (Å²) in [5.74, 6) is -0.791. The molecule has 0 aliphatic rings. The summed E-state index contributed by atoms with van der Waals surface area (Å²) < 4.78 is 0. The predicted molar refractivity (Wildman–Crippen MR) is 64.7 cm³/mol. The number of thiazole rings is 1. The molecule has 0 aromatic carbocycles. The second kappa shape index (κ2) is 5.96. The van der Waals surface area contributed by atoms with E-state index in [2.05, 4.69) is 10.3 Å². The second-order valence-electron chi connectivity index (χ2n) is 3.86. The zero-order valence-electron chi connectivity index (χ0n) is 9.86. The molecule has 0 amide bonds. The molecule has 0 aliphatic heterocycles. The molecule has 90 valence electrons. The number of aromatic nitrogens is 1. The molecule has 1 rings (SSSR count). The van der Waals surface area contributed by atoms with Crippen molar-refractivity contribution in [3.8, 4) is 0 Å². The highest BCUT2D eigenvalue weighted by atomic mass is 32.1. The molecular formula is C11H18N2O2S. The van der Waals surface area contributed by atoms with E-state index < -0.39 is 12.0 Å². The Bertz CT molecular complexity index is 352. The smallest absolute Gasteiger partial charge is 0.320 e. The van der Waals surface area contributed by atoms with Gasteiger partial charge in [0, 0.05) is 11.4 Å². The van der Waals surface area contributed by atoms with Crippen molar-refractivity contribution in [1.29, 1.82) is 0 Å². The number of rotatable bonds is 6. The summed E-state index contributed by atoms with van der Waals surface area (Å²) >= 11 is 1.58. The molecule has 16 heavy (non-hydrogen) atoms. The van der Waals surface area contributed by atoms with Crippen molar-refractivity contribution >= 4 is 17.3 Å². The topological polar surface area (TPSA) is 62.2 Å². The molecule has 2 unspecified atom stereocenters. The summed E-state index contributed by atoms with van der Waals surface area (Å²) in [6, 6.07) is -0.500. The largest absolute Gasteiger partial charge is 0.480 e. The maximum atomic E-state index is 11.0. The van der Waals surface area contributed by atoms with E-state index in [1.165, 1.54) is 0 Å². The number of carboxylic acid groups (broad SMARTS) is 1. The van der Waals surface area contributed by atoms with Crippen LogP contribution in [-0.4, -0.2) is 22.1 Å². The lowest BCUT2D eigenvalue weighted by atomic mass is 10.1. The molecule has 2 atom stereocenters. The Balaban J connectivity index is 2.61. The Morgan fingerprint density at radius 3 is 2.81 bits per heavy atom. The lowest BCUT2D eigenvalue weighted by molar-refractivity contribution is -0.139. The van der Waals surface area contributed by atoms with Crippen LogP contribution in [0.2, 0.25) is 0 Å². The standard InChI is InChI=1S/C11H18N2O2S/c1-4-5-9(11(14)15)12-7(2)10-6-16-8(3)13-10/h6-7,9,12H,4-5H2,1-3H3,(H,14,15). The van der Waals surface area contributed by atoms with Gasteiger partial charge in [0.25, 0.3) is 0 Å². The van der Waals surface area contributed by atoms with E-state index in [9.17, 15) is 4.79 Å². The molecule has 0 radical (unpaired) electrons. The highest BCUT2D eigenvalue weighted by Gasteiger charge is 2.20. The third kappa shape index (κ3) is 3.57. The Kier molecular flexibility index (Phi) is 4.89. The van der Waals surface area contributed by atoms with Crippen molar-refractivity contribution in [2.75, 3.05) is 0 Å². The minimum atomic E-state index is -0.791. The number of aryl methyl sites for hydroxylation is 1. The average Bonchev–Trinajstić information content (AvgIpc) is 2.64. The van der Waals surface area contributed by atoms with Crippen LogP contribution < -0.4 is 5.32 Å². The molecule has 0 bridgehead atoms. The van der Waals surface area contributed by atoms with Gasteiger partial charge in [-0.15, -0.1) is 11.3 Å². The Hall–Kier alpha value is -0.940. The van der Waals surface area contributed by atoms with Gasteiger partial charge >= 0.3 is 5.97 Å². The Morgan fingerprint density at radius 1 is 1.69 bits per heavy atom. The van der Waals surface area contributed by atoms with Crippen molar-refractivity contribution in [3.05, 3.63) is 16.1 Å². The van der Waals surface area contributed by atoms with Crippen LogP contribution >= 0.6 is 11.3 Å². The first-order valence-electron chi connectivity index (χ1n) is 5.45.